The second kappa shape index (κ2) is 7.34. The molecule has 2 N–H and O–H groups in total. The fraction of sp³-hybridized carbons (Fsp3) is 0.800. The third kappa shape index (κ3) is 4.53. The Morgan fingerprint density at radius 1 is 1.47 bits per heavy atom. The zero-order valence-corrected chi connectivity index (χ0v) is 13.0. The van der Waals surface area contributed by atoms with Crippen LogP contribution in [0.5, 0.6) is 0 Å². The molecule has 2 rings (SSSR count). The van der Waals surface area contributed by atoms with E-state index in [2.05, 4.69) is 47.7 Å². The maximum atomic E-state index is 6.30. The molecule has 0 saturated carbocycles. The molecule has 0 spiro atoms. The first-order chi connectivity index (χ1) is 9.19. The molecule has 1 fully saturated rings. The van der Waals surface area contributed by atoms with Crippen LogP contribution in [0.1, 0.15) is 51.3 Å². The van der Waals surface area contributed by atoms with E-state index in [1.807, 2.05) is 0 Å². The van der Waals surface area contributed by atoms with Crippen molar-refractivity contribution in [1.82, 2.24) is 9.78 Å². The van der Waals surface area contributed by atoms with Gasteiger partial charge >= 0.3 is 0 Å². The Morgan fingerprint density at radius 3 is 2.89 bits per heavy atom. The minimum absolute atomic E-state index is 0.272. The van der Waals surface area contributed by atoms with Crippen LogP contribution < -0.4 is 5.73 Å². The van der Waals surface area contributed by atoms with Gasteiger partial charge < -0.3 is 5.73 Å². The first-order valence-electron chi connectivity index (χ1n) is 7.56. The number of hydrogen-bond acceptors (Lipinski definition) is 3. The molecule has 1 aliphatic heterocycles. The largest absolute Gasteiger partial charge is 0.327 e. The van der Waals surface area contributed by atoms with E-state index in [4.69, 9.17) is 5.73 Å². The van der Waals surface area contributed by atoms with Crippen LogP contribution in [0.15, 0.2) is 12.3 Å². The van der Waals surface area contributed by atoms with Crippen LogP contribution in [-0.2, 0) is 6.42 Å². The fourth-order valence-electron chi connectivity index (χ4n) is 2.68. The number of rotatable bonds is 6. The van der Waals surface area contributed by atoms with Crippen molar-refractivity contribution < 1.29 is 0 Å². The Hall–Kier alpha value is -0.480. The van der Waals surface area contributed by atoms with Gasteiger partial charge in [0.2, 0.25) is 0 Å². The van der Waals surface area contributed by atoms with E-state index in [1.54, 1.807) is 0 Å². The van der Waals surface area contributed by atoms with E-state index < -0.39 is 0 Å². The van der Waals surface area contributed by atoms with Crippen molar-refractivity contribution >= 4 is 11.8 Å². The van der Waals surface area contributed by atoms with Crippen LogP contribution in [0.2, 0.25) is 0 Å². The van der Waals surface area contributed by atoms with E-state index in [9.17, 15) is 0 Å². The van der Waals surface area contributed by atoms with Gasteiger partial charge in [0.25, 0.3) is 0 Å². The highest BCUT2D eigenvalue weighted by Gasteiger charge is 2.18. The number of nitrogens with two attached hydrogens (primary N) is 1. The number of hydrogen-bond donors (Lipinski definition) is 1. The quantitative estimate of drug-likeness (QED) is 0.870. The molecule has 0 radical (unpaired) electrons. The molecule has 2 heterocycles. The van der Waals surface area contributed by atoms with Crippen LogP contribution in [0.4, 0.5) is 0 Å². The van der Waals surface area contributed by atoms with Gasteiger partial charge in [-0.05, 0) is 56.1 Å². The van der Waals surface area contributed by atoms with E-state index in [-0.39, 0.29) is 6.04 Å². The topological polar surface area (TPSA) is 43.8 Å². The van der Waals surface area contributed by atoms with Gasteiger partial charge in [-0.2, -0.15) is 16.9 Å². The lowest BCUT2D eigenvalue weighted by Crippen LogP contribution is -2.28. The Kier molecular flexibility index (Phi) is 5.76. The van der Waals surface area contributed by atoms with Gasteiger partial charge in [-0.15, -0.1) is 0 Å². The highest BCUT2D eigenvalue weighted by molar-refractivity contribution is 7.99. The second-order valence-corrected chi connectivity index (χ2v) is 7.02. The van der Waals surface area contributed by atoms with Gasteiger partial charge in [-0.25, -0.2) is 0 Å². The maximum absolute atomic E-state index is 6.30. The molecule has 0 amide bonds. The number of aromatic nitrogens is 2. The zero-order chi connectivity index (χ0) is 13.7. The van der Waals surface area contributed by atoms with Gasteiger partial charge in [0.05, 0.1) is 5.69 Å². The molecule has 1 aromatic heterocycles. The van der Waals surface area contributed by atoms with Crippen molar-refractivity contribution in [3.8, 4) is 0 Å². The zero-order valence-electron chi connectivity index (χ0n) is 12.2. The van der Waals surface area contributed by atoms with Gasteiger partial charge in [-0.3, -0.25) is 4.68 Å². The molecule has 0 aromatic carbocycles. The summed E-state index contributed by atoms with van der Waals surface area (Å²) in [5.41, 5.74) is 7.45. The summed E-state index contributed by atoms with van der Waals surface area (Å²) >= 11 is 2.08. The average molecular weight is 281 g/mol. The summed E-state index contributed by atoms with van der Waals surface area (Å²) in [6, 6.07) is 2.89. The van der Waals surface area contributed by atoms with E-state index in [0.717, 1.165) is 30.9 Å². The van der Waals surface area contributed by atoms with Crippen molar-refractivity contribution in [2.75, 3.05) is 11.5 Å². The first kappa shape index (κ1) is 14.9. The Labute approximate surface area is 121 Å². The molecule has 3 nitrogen and oxygen atoms in total. The summed E-state index contributed by atoms with van der Waals surface area (Å²) < 4.78 is 2.07. The monoisotopic (exact) mass is 281 g/mol. The normalized spacial score (nSPS) is 20.4. The molecule has 19 heavy (non-hydrogen) atoms. The second-order valence-electron chi connectivity index (χ2n) is 5.80. The lowest BCUT2D eigenvalue weighted by molar-refractivity contribution is 0.402. The molecular weight excluding hydrogens is 254 g/mol. The molecular formula is C15H27N3S. The van der Waals surface area contributed by atoms with Gasteiger partial charge in [0.15, 0.2) is 0 Å². The molecule has 2 atom stereocenters. The molecule has 1 aromatic rings. The summed E-state index contributed by atoms with van der Waals surface area (Å²) in [5.74, 6) is 3.48. The van der Waals surface area contributed by atoms with Gasteiger partial charge in [0.1, 0.15) is 0 Å². The lowest BCUT2D eigenvalue weighted by atomic mass is 9.93. The van der Waals surface area contributed by atoms with Gasteiger partial charge in [-0.1, -0.05) is 6.92 Å². The predicted octanol–water partition coefficient (Wildman–Crippen LogP) is 3.26. The Bertz CT molecular complexity index is 371. The molecule has 0 bridgehead atoms. The summed E-state index contributed by atoms with van der Waals surface area (Å²) in [6.45, 7) is 4.40. The number of thioether (sulfide) groups is 1. The number of nitrogens with zero attached hydrogens (tertiary/aromatic N) is 2. The molecule has 2 unspecified atom stereocenters. The van der Waals surface area contributed by atoms with Crippen molar-refractivity contribution in [3.05, 3.63) is 18.0 Å². The van der Waals surface area contributed by atoms with Gasteiger partial charge in [0, 0.05) is 24.7 Å². The standard InChI is InChI=1S/C15H27N3S/c1-3-12(2)18-7-4-15(17-18)11-14(16)10-13-5-8-19-9-6-13/h4,7,12-14H,3,5-6,8-11,16H2,1-2H3. The highest BCUT2D eigenvalue weighted by Crippen LogP contribution is 2.26. The Morgan fingerprint density at radius 2 is 2.21 bits per heavy atom. The van der Waals surface area contributed by atoms with Crippen molar-refractivity contribution in [1.29, 1.82) is 0 Å². The van der Waals surface area contributed by atoms with E-state index in [0.29, 0.717) is 6.04 Å². The summed E-state index contributed by atoms with van der Waals surface area (Å²) in [5, 5.41) is 4.65. The lowest BCUT2D eigenvalue weighted by Gasteiger charge is -2.24. The van der Waals surface area contributed by atoms with Crippen molar-refractivity contribution in [3.63, 3.8) is 0 Å². The first-order valence-corrected chi connectivity index (χ1v) is 8.71. The van der Waals surface area contributed by atoms with Crippen LogP contribution in [0, 0.1) is 5.92 Å². The van der Waals surface area contributed by atoms with E-state index >= 15 is 0 Å². The minimum atomic E-state index is 0.272. The predicted molar refractivity (Wildman–Crippen MR) is 83.6 cm³/mol. The third-order valence-electron chi connectivity index (χ3n) is 4.15. The van der Waals surface area contributed by atoms with Crippen LogP contribution in [-0.4, -0.2) is 27.3 Å². The van der Waals surface area contributed by atoms with Crippen molar-refractivity contribution in [2.24, 2.45) is 11.7 Å². The fourth-order valence-corrected chi connectivity index (χ4v) is 3.89. The minimum Gasteiger partial charge on any atom is -0.327 e. The molecule has 4 heteroatoms. The SMILES string of the molecule is CCC(C)n1ccc(CC(N)CC2CCSCC2)n1. The summed E-state index contributed by atoms with van der Waals surface area (Å²) in [6.07, 6.45) is 7.99. The summed E-state index contributed by atoms with van der Waals surface area (Å²) in [4.78, 5) is 0. The van der Waals surface area contributed by atoms with E-state index in [1.165, 1.54) is 24.3 Å². The van der Waals surface area contributed by atoms with Crippen LogP contribution >= 0.6 is 11.8 Å². The van der Waals surface area contributed by atoms with Crippen LogP contribution in [0.3, 0.4) is 0 Å². The highest BCUT2D eigenvalue weighted by atomic mass is 32.2. The maximum Gasteiger partial charge on any atom is 0.0640 e. The average Bonchev–Trinajstić information content (AvgIpc) is 2.87. The molecule has 1 saturated heterocycles. The van der Waals surface area contributed by atoms with Crippen molar-refractivity contribution in [2.45, 2.75) is 58.0 Å². The van der Waals surface area contributed by atoms with Crippen LogP contribution in [0.25, 0.3) is 0 Å². The summed E-state index contributed by atoms with van der Waals surface area (Å²) in [7, 11) is 0. The Balaban J connectivity index is 1.80. The smallest absolute Gasteiger partial charge is 0.0640 e. The molecule has 108 valence electrons. The molecule has 1 aliphatic rings. The third-order valence-corrected chi connectivity index (χ3v) is 5.20. The molecule has 0 aliphatic carbocycles.